The first kappa shape index (κ1) is 12.2. The highest BCUT2D eigenvalue weighted by molar-refractivity contribution is 6.09. The van der Waals surface area contributed by atoms with E-state index in [1.807, 2.05) is 0 Å². The standard InChI is InChI=1S/C13H9F2NO2/c14-13(15)11-7-9(17)1-2-10(11)12(18)8-3-5-16-6-4-8/h1-7,13,17H. The van der Waals surface area contributed by atoms with Gasteiger partial charge in [-0.2, -0.15) is 0 Å². The van der Waals surface area contributed by atoms with E-state index in [2.05, 4.69) is 4.98 Å². The Balaban J connectivity index is 2.48. The van der Waals surface area contributed by atoms with E-state index in [0.717, 1.165) is 6.07 Å². The summed E-state index contributed by atoms with van der Waals surface area (Å²) in [5, 5.41) is 9.18. The second-order valence-corrected chi connectivity index (χ2v) is 3.64. The Morgan fingerprint density at radius 3 is 2.44 bits per heavy atom. The monoisotopic (exact) mass is 249 g/mol. The van der Waals surface area contributed by atoms with E-state index < -0.39 is 17.8 Å². The molecular formula is C13H9F2NO2. The molecule has 0 atom stereocenters. The van der Waals surface area contributed by atoms with Crippen LogP contribution in [0, 0.1) is 0 Å². The van der Waals surface area contributed by atoms with Crippen molar-refractivity contribution in [2.24, 2.45) is 0 Å². The third-order valence-corrected chi connectivity index (χ3v) is 2.46. The van der Waals surface area contributed by atoms with Gasteiger partial charge in [0, 0.05) is 29.1 Å². The van der Waals surface area contributed by atoms with Crippen LogP contribution in [0.25, 0.3) is 0 Å². The van der Waals surface area contributed by atoms with E-state index in [1.165, 1.54) is 36.7 Å². The number of benzene rings is 1. The first-order valence-electron chi connectivity index (χ1n) is 5.15. The van der Waals surface area contributed by atoms with Crippen LogP contribution in [-0.4, -0.2) is 15.9 Å². The Morgan fingerprint density at radius 2 is 1.83 bits per heavy atom. The summed E-state index contributed by atoms with van der Waals surface area (Å²) in [5.74, 6) is -0.815. The topological polar surface area (TPSA) is 50.2 Å². The number of hydrogen-bond donors (Lipinski definition) is 1. The predicted octanol–water partition coefficient (Wildman–Crippen LogP) is 2.96. The molecule has 5 heteroatoms. The number of pyridine rings is 1. The largest absolute Gasteiger partial charge is 0.508 e. The summed E-state index contributed by atoms with van der Waals surface area (Å²) in [7, 11) is 0. The quantitative estimate of drug-likeness (QED) is 0.851. The summed E-state index contributed by atoms with van der Waals surface area (Å²) in [4.78, 5) is 15.8. The molecule has 1 aromatic carbocycles. The molecular weight excluding hydrogens is 240 g/mol. The molecule has 2 aromatic rings. The highest BCUT2D eigenvalue weighted by Gasteiger charge is 2.19. The maximum absolute atomic E-state index is 12.8. The first-order chi connectivity index (χ1) is 8.59. The van der Waals surface area contributed by atoms with Crippen LogP contribution in [0.15, 0.2) is 42.7 Å². The van der Waals surface area contributed by atoms with E-state index in [0.29, 0.717) is 0 Å². The van der Waals surface area contributed by atoms with E-state index in [9.17, 15) is 18.7 Å². The fourth-order valence-corrected chi connectivity index (χ4v) is 1.60. The van der Waals surface area contributed by atoms with Gasteiger partial charge in [0.25, 0.3) is 6.43 Å². The van der Waals surface area contributed by atoms with Crippen LogP contribution in [0.2, 0.25) is 0 Å². The number of alkyl halides is 2. The lowest BCUT2D eigenvalue weighted by molar-refractivity contribution is 0.102. The van der Waals surface area contributed by atoms with Gasteiger partial charge in [-0.1, -0.05) is 0 Å². The maximum atomic E-state index is 12.8. The van der Waals surface area contributed by atoms with Gasteiger partial charge in [0.1, 0.15) is 5.75 Å². The van der Waals surface area contributed by atoms with E-state index >= 15 is 0 Å². The van der Waals surface area contributed by atoms with Gasteiger partial charge >= 0.3 is 0 Å². The van der Waals surface area contributed by atoms with Gasteiger partial charge in [-0.3, -0.25) is 9.78 Å². The van der Waals surface area contributed by atoms with Crippen molar-refractivity contribution in [3.63, 3.8) is 0 Å². The van der Waals surface area contributed by atoms with Crippen molar-refractivity contribution in [3.8, 4) is 5.75 Å². The molecule has 0 aliphatic heterocycles. The van der Waals surface area contributed by atoms with Gasteiger partial charge in [0.2, 0.25) is 0 Å². The smallest absolute Gasteiger partial charge is 0.264 e. The van der Waals surface area contributed by atoms with E-state index in [4.69, 9.17) is 0 Å². The number of aromatic hydroxyl groups is 1. The Bertz CT molecular complexity index is 570. The number of phenols is 1. The zero-order valence-corrected chi connectivity index (χ0v) is 9.18. The molecule has 0 saturated heterocycles. The molecule has 92 valence electrons. The lowest BCUT2D eigenvalue weighted by Crippen LogP contribution is -2.05. The second kappa shape index (κ2) is 4.91. The summed E-state index contributed by atoms with van der Waals surface area (Å²) in [6, 6.07) is 6.20. The molecule has 1 aromatic heterocycles. The summed E-state index contributed by atoms with van der Waals surface area (Å²) >= 11 is 0. The Labute approximate surface area is 102 Å². The highest BCUT2D eigenvalue weighted by atomic mass is 19.3. The number of aromatic nitrogens is 1. The Morgan fingerprint density at radius 1 is 1.17 bits per heavy atom. The third-order valence-electron chi connectivity index (χ3n) is 2.46. The fourth-order valence-electron chi connectivity index (χ4n) is 1.60. The Hall–Kier alpha value is -2.30. The number of phenolic OH excluding ortho intramolecular Hbond substituents is 1. The molecule has 0 bridgehead atoms. The predicted molar refractivity (Wildman–Crippen MR) is 60.7 cm³/mol. The molecule has 18 heavy (non-hydrogen) atoms. The average molecular weight is 249 g/mol. The Kier molecular flexibility index (Phi) is 3.32. The molecule has 0 amide bonds. The first-order valence-corrected chi connectivity index (χ1v) is 5.15. The normalized spacial score (nSPS) is 10.6. The summed E-state index contributed by atoms with van der Waals surface area (Å²) in [6.45, 7) is 0. The van der Waals surface area contributed by atoms with Crippen molar-refractivity contribution in [1.29, 1.82) is 0 Å². The maximum Gasteiger partial charge on any atom is 0.264 e. The molecule has 1 N–H and O–H groups in total. The second-order valence-electron chi connectivity index (χ2n) is 3.64. The molecule has 0 saturated carbocycles. The van der Waals surface area contributed by atoms with Crippen molar-refractivity contribution in [2.45, 2.75) is 6.43 Å². The van der Waals surface area contributed by atoms with Crippen molar-refractivity contribution in [2.75, 3.05) is 0 Å². The van der Waals surface area contributed by atoms with Gasteiger partial charge in [0.05, 0.1) is 0 Å². The van der Waals surface area contributed by atoms with Gasteiger partial charge in [-0.05, 0) is 30.3 Å². The van der Waals surface area contributed by atoms with Gasteiger partial charge in [-0.25, -0.2) is 8.78 Å². The van der Waals surface area contributed by atoms with Crippen LogP contribution in [0.1, 0.15) is 27.9 Å². The van der Waals surface area contributed by atoms with Crippen LogP contribution in [0.5, 0.6) is 5.75 Å². The van der Waals surface area contributed by atoms with Crippen molar-refractivity contribution in [1.82, 2.24) is 4.98 Å². The molecule has 1 heterocycles. The third kappa shape index (κ3) is 2.34. The van der Waals surface area contributed by atoms with E-state index in [1.54, 1.807) is 0 Å². The van der Waals surface area contributed by atoms with Crippen LogP contribution < -0.4 is 0 Å². The minimum atomic E-state index is -2.82. The molecule has 0 aliphatic rings. The number of halogens is 2. The summed E-state index contributed by atoms with van der Waals surface area (Å²) < 4.78 is 25.6. The minimum Gasteiger partial charge on any atom is -0.508 e. The molecule has 0 unspecified atom stereocenters. The number of rotatable bonds is 3. The van der Waals surface area contributed by atoms with Gasteiger partial charge < -0.3 is 5.11 Å². The van der Waals surface area contributed by atoms with Crippen LogP contribution in [0.4, 0.5) is 8.78 Å². The number of carbonyl (C=O) groups excluding carboxylic acids is 1. The van der Waals surface area contributed by atoms with Gasteiger partial charge in [-0.15, -0.1) is 0 Å². The van der Waals surface area contributed by atoms with Crippen molar-refractivity contribution >= 4 is 5.78 Å². The lowest BCUT2D eigenvalue weighted by Gasteiger charge is -2.08. The number of hydrogen-bond acceptors (Lipinski definition) is 3. The lowest BCUT2D eigenvalue weighted by atomic mass is 9.99. The molecule has 0 spiro atoms. The van der Waals surface area contributed by atoms with Crippen LogP contribution in [0.3, 0.4) is 0 Å². The molecule has 2 rings (SSSR count). The number of nitrogens with zero attached hydrogens (tertiary/aromatic N) is 1. The number of carbonyl (C=O) groups is 1. The minimum absolute atomic E-state index is 0.117. The SMILES string of the molecule is O=C(c1ccncc1)c1ccc(O)cc1C(F)F. The molecule has 3 nitrogen and oxygen atoms in total. The van der Waals surface area contributed by atoms with Crippen LogP contribution in [-0.2, 0) is 0 Å². The molecule has 0 fully saturated rings. The molecule has 0 radical (unpaired) electrons. The highest BCUT2D eigenvalue weighted by Crippen LogP contribution is 2.28. The average Bonchev–Trinajstić information content (AvgIpc) is 2.39. The summed E-state index contributed by atoms with van der Waals surface area (Å²) in [5.41, 5.74) is -0.316. The fraction of sp³-hybridized carbons (Fsp3) is 0.0769. The van der Waals surface area contributed by atoms with Crippen molar-refractivity contribution < 1.29 is 18.7 Å². The van der Waals surface area contributed by atoms with Crippen molar-refractivity contribution in [3.05, 3.63) is 59.4 Å². The summed E-state index contributed by atoms with van der Waals surface area (Å²) in [6.07, 6.45) is 0.00339. The number of ketones is 1. The van der Waals surface area contributed by atoms with Crippen LogP contribution >= 0.6 is 0 Å². The van der Waals surface area contributed by atoms with Gasteiger partial charge in [0.15, 0.2) is 5.78 Å². The van der Waals surface area contributed by atoms with E-state index in [-0.39, 0.29) is 16.9 Å². The zero-order valence-electron chi connectivity index (χ0n) is 9.18. The zero-order chi connectivity index (χ0) is 13.1. The molecule has 0 aliphatic carbocycles.